The molecule has 0 saturated heterocycles. The quantitative estimate of drug-likeness (QED) is 0.375. The molecule has 7 heteroatoms. The zero-order valence-electron chi connectivity index (χ0n) is 11.3. The second-order valence-corrected chi connectivity index (χ2v) is 4.14. The molecule has 0 spiro atoms. The predicted molar refractivity (Wildman–Crippen MR) is 77.3 cm³/mol. The van der Waals surface area contributed by atoms with E-state index >= 15 is 0 Å². The number of nitro benzene ring substituents is 1. The summed E-state index contributed by atoms with van der Waals surface area (Å²) in [5.41, 5.74) is 11.2. The third kappa shape index (κ3) is 3.64. The minimum absolute atomic E-state index is 0.110. The highest BCUT2D eigenvalue weighted by molar-refractivity contribution is 6.03. The van der Waals surface area contributed by atoms with Crippen LogP contribution >= 0.6 is 0 Å². The normalized spacial score (nSPS) is 10.5. The third-order valence-corrected chi connectivity index (χ3v) is 2.56. The van der Waals surface area contributed by atoms with Crippen LogP contribution in [-0.2, 0) is 0 Å². The number of nitrogens with two attached hydrogens (primary N) is 2. The smallest absolute Gasteiger partial charge is 0.280 e. The number of carbonyl (C=O) groups excluding carboxylic acids is 1. The molecule has 0 atom stereocenters. The summed E-state index contributed by atoms with van der Waals surface area (Å²) < 4.78 is 0. The molecule has 1 aromatic rings. The lowest BCUT2D eigenvalue weighted by atomic mass is 10.0. The van der Waals surface area contributed by atoms with Gasteiger partial charge in [0.05, 0.1) is 16.1 Å². The number of benzene rings is 1. The number of aliphatic imine (C=N–C) groups is 1. The Balaban J connectivity index is 3.41. The van der Waals surface area contributed by atoms with Crippen LogP contribution in [0.4, 0.5) is 5.69 Å². The van der Waals surface area contributed by atoms with E-state index in [0.29, 0.717) is 11.1 Å². The topological polar surface area (TPSA) is 125 Å². The lowest BCUT2D eigenvalue weighted by Gasteiger charge is -2.05. The summed E-state index contributed by atoms with van der Waals surface area (Å²) in [6.45, 7) is 3.59. The summed E-state index contributed by atoms with van der Waals surface area (Å²) in [5, 5.41) is 11.1. The van der Waals surface area contributed by atoms with Crippen LogP contribution in [0, 0.1) is 17.0 Å². The molecule has 0 radical (unpaired) electrons. The summed E-state index contributed by atoms with van der Waals surface area (Å²) in [6.07, 6.45) is 4.21. The molecule has 1 aromatic carbocycles. The van der Waals surface area contributed by atoms with Crippen molar-refractivity contribution in [3.8, 4) is 0 Å². The van der Waals surface area contributed by atoms with Gasteiger partial charge in [0, 0.05) is 6.07 Å². The first-order valence-electron chi connectivity index (χ1n) is 5.96. The summed E-state index contributed by atoms with van der Waals surface area (Å²) in [6, 6.07) is 2.76. The Morgan fingerprint density at radius 2 is 2.10 bits per heavy atom. The van der Waals surface area contributed by atoms with Crippen LogP contribution in [0.15, 0.2) is 23.2 Å². The van der Waals surface area contributed by atoms with Crippen LogP contribution in [0.5, 0.6) is 0 Å². The van der Waals surface area contributed by atoms with Crippen molar-refractivity contribution in [2.45, 2.75) is 20.3 Å². The Labute approximate surface area is 116 Å². The van der Waals surface area contributed by atoms with Crippen molar-refractivity contribution >= 4 is 23.6 Å². The highest BCUT2D eigenvalue weighted by atomic mass is 16.6. The van der Waals surface area contributed by atoms with Crippen LogP contribution in [0.2, 0.25) is 0 Å². The van der Waals surface area contributed by atoms with Gasteiger partial charge in [-0.1, -0.05) is 19.1 Å². The number of amides is 1. The number of aryl methyl sites for hydroxylation is 1. The maximum Gasteiger partial charge on any atom is 0.280 e. The number of rotatable bonds is 4. The second kappa shape index (κ2) is 6.46. The predicted octanol–water partition coefficient (Wildman–Crippen LogP) is 1.74. The molecule has 0 aliphatic carbocycles. The van der Waals surface area contributed by atoms with Crippen molar-refractivity contribution in [3.63, 3.8) is 0 Å². The number of hydrogen-bond acceptors (Lipinski definition) is 3. The number of allylic oxidation sites excluding steroid dienone is 1. The molecule has 0 aromatic heterocycles. The minimum Gasteiger partial charge on any atom is -0.370 e. The fourth-order valence-corrected chi connectivity index (χ4v) is 1.66. The maximum atomic E-state index is 11.8. The van der Waals surface area contributed by atoms with Gasteiger partial charge in [-0.25, -0.2) is 0 Å². The van der Waals surface area contributed by atoms with E-state index in [-0.39, 0.29) is 17.2 Å². The molecular formula is C13H16N4O3. The average molecular weight is 276 g/mol. The van der Waals surface area contributed by atoms with Gasteiger partial charge in [-0.3, -0.25) is 14.9 Å². The highest BCUT2D eigenvalue weighted by Gasteiger charge is 2.18. The summed E-state index contributed by atoms with van der Waals surface area (Å²) in [5.74, 6) is -1.08. The molecule has 0 bridgehead atoms. The molecule has 0 saturated carbocycles. The lowest BCUT2D eigenvalue weighted by Crippen LogP contribution is -2.24. The van der Waals surface area contributed by atoms with Crippen molar-refractivity contribution < 1.29 is 9.72 Å². The van der Waals surface area contributed by atoms with Crippen molar-refractivity contribution in [2.75, 3.05) is 0 Å². The van der Waals surface area contributed by atoms with Crippen LogP contribution < -0.4 is 11.5 Å². The van der Waals surface area contributed by atoms with Crippen molar-refractivity contribution in [2.24, 2.45) is 16.5 Å². The van der Waals surface area contributed by atoms with E-state index in [0.717, 1.165) is 6.42 Å². The van der Waals surface area contributed by atoms with Crippen LogP contribution in [0.1, 0.15) is 34.8 Å². The highest BCUT2D eigenvalue weighted by Crippen LogP contribution is 2.25. The first-order chi connectivity index (χ1) is 9.36. The van der Waals surface area contributed by atoms with E-state index < -0.39 is 10.8 Å². The number of hydrogen-bond donors (Lipinski definition) is 2. The van der Waals surface area contributed by atoms with Gasteiger partial charge in [0.2, 0.25) is 0 Å². The van der Waals surface area contributed by atoms with E-state index in [4.69, 9.17) is 11.5 Å². The molecule has 0 aliphatic heterocycles. The van der Waals surface area contributed by atoms with Gasteiger partial charge < -0.3 is 11.5 Å². The van der Waals surface area contributed by atoms with E-state index in [1.165, 1.54) is 6.07 Å². The lowest BCUT2D eigenvalue weighted by molar-refractivity contribution is -0.385. The largest absolute Gasteiger partial charge is 0.370 e. The Hall–Kier alpha value is -2.70. The molecule has 1 rings (SSSR count). The molecule has 0 heterocycles. The molecular weight excluding hydrogens is 260 g/mol. The average Bonchev–Trinajstić information content (AvgIpc) is 2.34. The maximum absolute atomic E-state index is 11.8. The first kappa shape index (κ1) is 15.4. The molecule has 0 unspecified atom stereocenters. The monoisotopic (exact) mass is 276 g/mol. The Bertz CT molecular complexity index is 602. The fourth-order valence-electron chi connectivity index (χ4n) is 1.66. The molecule has 106 valence electrons. The van der Waals surface area contributed by atoms with E-state index in [1.807, 2.05) is 6.92 Å². The van der Waals surface area contributed by atoms with Gasteiger partial charge in [-0.05, 0) is 25.0 Å². The van der Waals surface area contributed by atoms with Crippen LogP contribution in [-0.4, -0.2) is 16.8 Å². The fraction of sp³-hybridized carbons (Fsp3) is 0.231. The summed E-state index contributed by atoms with van der Waals surface area (Å²) in [4.78, 5) is 25.7. The molecule has 0 aliphatic rings. The zero-order chi connectivity index (χ0) is 15.3. The number of nitrogens with zero attached hydrogens (tertiary/aromatic N) is 2. The van der Waals surface area contributed by atoms with Gasteiger partial charge in [-0.15, -0.1) is 0 Å². The van der Waals surface area contributed by atoms with Crippen LogP contribution in [0.3, 0.4) is 0 Å². The SMILES string of the molecule is CCC=Cc1cc(C)c(C(=O)N=C(N)N)cc1[N+](=O)[O-]. The standard InChI is InChI=1S/C13H16N4O3/c1-3-4-5-9-6-8(2)10(7-11(9)17(19)20)12(18)16-13(14)15/h4-7H,3H2,1-2H3,(H4,14,15,16,18). The van der Waals surface area contributed by atoms with Crippen molar-refractivity contribution in [3.05, 3.63) is 45.0 Å². The van der Waals surface area contributed by atoms with Gasteiger partial charge in [0.1, 0.15) is 0 Å². The molecule has 0 fully saturated rings. The molecule has 20 heavy (non-hydrogen) atoms. The molecule has 7 nitrogen and oxygen atoms in total. The molecule has 4 N–H and O–H groups in total. The Morgan fingerprint density at radius 1 is 1.45 bits per heavy atom. The number of nitro groups is 1. The third-order valence-electron chi connectivity index (χ3n) is 2.56. The molecule has 1 amide bonds. The second-order valence-electron chi connectivity index (χ2n) is 4.14. The van der Waals surface area contributed by atoms with E-state index in [9.17, 15) is 14.9 Å². The summed E-state index contributed by atoms with van der Waals surface area (Å²) in [7, 11) is 0. The number of carbonyl (C=O) groups is 1. The Morgan fingerprint density at radius 3 is 2.60 bits per heavy atom. The van der Waals surface area contributed by atoms with Gasteiger partial charge >= 0.3 is 0 Å². The van der Waals surface area contributed by atoms with Crippen LogP contribution in [0.25, 0.3) is 6.08 Å². The van der Waals surface area contributed by atoms with Crippen molar-refractivity contribution in [1.29, 1.82) is 0 Å². The summed E-state index contributed by atoms with van der Waals surface area (Å²) >= 11 is 0. The zero-order valence-corrected chi connectivity index (χ0v) is 11.3. The van der Waals surface area contributed by atoms with Gasteiger partial charge in [-0.2, -0.15) is 4.99 Å². The Kier molecular flexibility index (Phi) is 4.96. The van der Waals surface area contributed by atoms with Crippen molar-refractivity contribution in [1.82, 2.24) is 0 Å². The van der Waals surface area contributed by atoms with Gasteiger partial charge in [0.15, 0.2) is 5.96 Å². The minimum atomic E-state index is -0.698. The van der Waals surface area contributed by atoms with Gasteiger partial charge in [0.25, 0.3) is 11.6 Å². The first-order valence-corrected chi connectivity index (χ1v) is 5.96. The van der Waals surface area contributed by atoms with E-state index in [2.05, 4.69) is 4.99 Å². The number of guanidine groups is 1. The van der Waals surface area contributed by atoms with E-state index in [1.54, 1.807) is 25.1 Å².